The summed E-state index contributed by atoms with van der Waals surface area (Å²) in [6.07, 6.45) is 6.97. The highest BCUT2D eigenvalue weighted by Crippen LogP contribution is 2.25. The Balaban J connectivity index is 2.25. The van der Waals surface area contributed by atoms with Crippen molar-refractivity contribution >= 4 is 23.2 Å². The van der Waals surface area contributed by atoms with Crippen LogP contribution in [0.3, 0.4) is 0 Å². The van der Waals surface area contributed by atoms with Crippen molar-refractivity contribution in [1.82, 2.24) is 14.4 Å². The van der Waals surface area contributed by atoms with Gasteiger partial charge in [-0.05, 0) is 12.8 Å². The van der Waals surface area contributed by atoms with E-state index < -0.39 is 0 Å². The third-order valence-electron chi connectivity index (χ3n) is 2.90. The maximum atomic E-state index is 4.64. The third-order valence-corrected chi connectivity index (χ3v) is 4.19. The largest absolute Gasteiger partial charge is 0.369 e. The molecule has 2 aromatic heterocycles. The van der Waals surface area contributed by atoms with Crippen LogP contribution in [0.2, 0.25) is 0 Å². The first-order chi connectivity index (χ1) is 8.74. The van der Waals surface area contributed by atoms with Gasteiger partial charge in [0.25, 0.3) is 0 Å². The van der Waals surface area contributed by atoms with Crippen molar-refractivity contribution in [3.05, 3.63) is 18.6 Å². The molecule has 0 aromatic carbocycles. The minimum absolute atomic E-state index is 0.703. The van der Waals surface area contributed by atoms with Crippen LogP contribution in [0.5, 0.6) is 0 Å². The molecule has 1 atom stereocenters. The Kier molecular flexibility index (Phi) is 4.47. The Bertz CT molecular complexity index is 509. The fourth-order valence-corrected chi connectivity index (χ4v) is 2.73. The van der Waals surface area contributed by atoms with Crippen molar-refractivity contribution in [3.63, 3.8) is 0 Å². The SMILES string of the molecule is CCNc1cn2ccnc2c(SCC(C)CC)n1. The van der Waals surface area contributed by atoms with Crippen molar-refractivity contribution in [1.29, 1.82) is 0 Å². The maximum Gasteiger partial charge on any atom is 0.169 e. The zero-order valence-electron chi connectivity index (χ0n) is 11.2. The molecule has 0 aliphatic heterocycles. The third kappa shape index (κ3) is 2.96. The quantitative estimate of drug-likeness (QED) is 0.813. The smallest absolute Gasteiger partial charge is 0.169 e. The van der Waals surface area contributed by atoms with Gasteiger partial charge in [0.15, 0.2) is 5.65 Å². The second-order valence-corrected chi connectivity index (χ2v) is 5.45. The Morgan fingerprint density at radius 1 is 1.44 bits per heavy atom. The molecule has 1 unspecified atom stereocenters. The molecule has 0 amide bonds. The summed E-state index contributed by atoms with van der Waals surface area (Å²) in [6, 6.07) is 0. The second-order valence-electron chi connectivity index (χ2n) is 4.44. The first-order valence-corrected chi connectivity index (χ1v) is 7.43. The van der Waals surface area contributed by atoms with Gasteiger partial charge in [-0.25, -0.2) is 9.97 Å². The highest BCUT2D eigenvalue weighted by atomic mass is 32.2. The molecule has 4 nitrogen and oxygen atoms in total. The van der Waals surface area contributed by atoms with Crippen LogP contribution in [-0.4, -0.2) is 26.7 Å². The molecule has 2 rings (SSSR count). The molecule has 18 heavy (non-hydrogen) atoms. The van der Waals surface area contributed by atoms with Crippen LogP contribution in [-0.2, 0) is 0 Å². The summed E-state index contributed by atoms with van der Waals surface area (Å²) in [5.74, 6) is 2.70. The van der Waals surface area contributed by atoms with E-state index in [1.165, 1.54) is 6.42 Å². The van der Waals surface area contributed by atoms with Gasteiger partial charge in [-0.3, -0.25) is 0 Å². The normalized spacial score (nSPS) is 12.8. The van der Waals surface area contributed by atoms with E-state index >= 15 is 0 Å². The number of fused-ring (bicyclic) bond motifs is 1. The van der Waals surface area contributed by atoms with E-state index in [1.807, 2.05) is 23.0 Å². The van der Waals surface area contributed by atoms with E-state index in [-0.39, 0.29) is 0 Å². The number of aromatic nitrogens is 3. The van der Waals surface area contributed by atoms with Crippen LogP contribution < -0.4 is 5.32 Å². The summed E-state index contributed by atoms with van der Waals surface area (Å²) in [4.78, 5) is 9.01. The fraction of sp³-hybridized carbons (Fsp3) is 0.538. The number of nitrogens with one attached hydrogen (secondary N) is 1. The van der Waals surface area contributed by atoms with Crippen LogP contribution in [0, 0.1) is 5.92 Å². The van der Waals surface area contributed by atoms with Crippen molar-refractivity contribution < 1.29 is 0 Å². The Hall–Kier alpha value is -1.23. The predicted octanol–water partition coefficient (Wildman–Crippen LogP) is 3.30. The molecule has 2 aromatic rings. The van der Waals surface area contributed by atoms with E-state index in [2.05, 4.69) is 36.1 Å². The topological polar surface area (TPSA) is 42.2 Å². The van der Waals surface area contributed by atoms with Gasteiger partial charge in [0.2, 0.25) is 0 Å². The van der Waals surface area contributed by atoms with Gasteiger partial charge in [0.05, 0.1) is 6.20 Å². The summed E-state index contributed by atoms with van der Waals surface area (Å²) >= 11 is 1.79. The van der Waals surface area contributed by atoms with Gasteiger partial charge in [-0.1, -0.05) is 20.3 Å². The number of hydrogen-bond acceptors (Lipinski definition) is 4. The molecule has 1 N–H and O–H groups in total. The molecule has 0 aliphatic rings. The molecule has 0 fully saturated rings. The van der Waals surface area contributed by atoms with Gasteiger partial charge in [0.1, 0.15) is 10.8 Å². The van der Waals surface area contributed by atoms with E-state index in [9.17, 15) is 0 Å². The summed E-state index contributed by atoms with van der Waals surface area (Å²) in [5.41, 5.74) is 0.949. The lowest BCUT2D eigenvalue weighted by atomic mass is 10.2. The minimum Gasteiger partial charge on any atom is -0.369 e. The molecule has 0 bridgehead atoms. The van der Waals surface area contributed by atoms with Gasteiger partial charge in [-0.15, -0.1) is 11.8 Å². The van der Waals surface area contributed by atoms with Crippen LogP contribution in [0.4, 0.5) is 5.82 Å². The van der Waals surface area contributed by atoms with Crippen LogP contribution in [0.1, 0.15) is 27.2 Å². The average Bonchev–Trinajstić information content (AvgIpc) is 2.84. The van der Waals surface area contributed by atoms with E-state index in [0.717, 1.165) is 28.8 Å². The molecule has 0 saturated carbocycles. The van der Waals surface area contributed by atoms with Crippen LogP contribution in [0.15, 0.2) is 23.6 Å². The summed E-state index contributed by atoms with van der Waals surface area (Å²) in [6.45, 7) is 7.44. The number of rotatable bonds is 6. The van der Waals surface area contributed by atoms with Gasteiger partial charge in [-0.2, -0.15) is 0 Å². The lowest BCUT2D eigenvalue weighted by Gasteiger charge is -2.10. The van der Waals surface area contributed by atoms with E-state index in [4.69, 9.17) is 0 Å². The van der Waals surface area contributed by atoms with E-state index in [1.54, 1.807) is 11.8 Å². The van der Waals surface area contributed by atoms with Crippen LogP contribution >= 0.6 is 11.8 Å². The van der Waals surface area contributed by atoms with Crippen molar-refractivity contribution in [2.75, 3.05) is 17.6 Å². The number of hydrogen-bond donors (Lipinski definition) is 1. The number of nitrogens with zero attached hydrogens (tertiary/aromatic N) is 3. The fourth-order valence-electron chi connectivity index (χ4n) is 1.61. The highest BCUT2D eigenvalue weighted by Gasteiger charge is 2.09. The Morgan fingerprint density at radius 2 is 2.28 bits per heavy atom. The van der Waals surface area contributed by atoms with Crippen LogP contribution in [0.25, 0.3) is 5.65 Å². The lowest BCUT2D eigenvalue weighted by Crippen LogP contribution is -2.04. The maximum absolute atomic E-state index is 4.64. The molecule has 0 saturated heterocycles. The van der Waals surface area contributed by atoms with Gasteiger partial charge >= 0.3 is 0 Å². The lowest BCUT2D eigenvalue weighted by molar-refractivity contribution is 0.636. The highest BCUT2D eigenvalue weighted by molar-refractivity contribution is 7.99. The molecule has 2 heterocycles. The standard InChI is InChI=1S/C13H20N4S/c1-4-10(3)9-18-13-12-15-6-7-17(12)8-11(16-13)14-5-2/h6-8,10,14H,4-5,9H2,1-3H3. The monoisotopic (exact) mass is 264 g/mol. The Morgan fingerprint density at radius 3 is 3.00 bits per heavy atom. The zero-order chi connectivity index (χ0) is 13.0. The van der Waals surface area contributed by atoms with E-state index in [0.29, 0.717) is 5.92 Å². The number of imidazole rings is 1. The molecular weight excluding hydrogens is 244 g/mol. The molecule has 0 radical (unpaired) electrons. The molecule has 0 aliphatic carbocycles. The van der Waals surface area contributed by atoms with Gasteiger partial charge in [0, 0.05) is 24.7 Å². The first-order valence-electron chi connectivity index (χ1n) is 6.45. The summed E-state index contributed by atoms with van der Waals surface area (Å²) < 4.78 is 2.03. The Labute approximate surface area is 112 Å². The zero-order valence-corrected chi connectivity index (χ0v) is 12.0. The number of thioether (sulfide) groups is 1. The van der Waals surface area contributed by atoms with Crippen molar-refractivity contribution in [2.45, 2.75) is 32.2 Å². The molecule has 0 spiro atoms. The second kappa shape index (κ2) is 6.09. The first kappa shape index (κ1) is 13.2. The van der Waals surface area contributed by atoms with Gasteiger partial charge < -0.3 is 9.72 Å². The summed E-state index contributed by atoms with van der Waals surface area (Å²) in [5, 5.41) is 4.27. The average molecular weight is 264 g/mol. The molecular formula is C13H20N4S. The molecule has 98 valence electrons. The summed E-state index contributed by atoms with van der Waals surface area (Å²) in [7, 11) is 0. The van der Waals surface area contributed by atoms with Crippen molar-refractivity contribution in [3.8, 4) is 0 Å². The number of anilines is 1. The molecule has 5 heteroatoms. The minimum atomic E-state index is 0.703. The van der Waals surface area contributed by atoms with Crippen molar-refractivity contribution in [2.24, 2.45) is 5.92 Å². The predicted molar refractivity (Wildman–Crippen MR) is 77.3 cm³/mol.